The van der Waals surface area contributed by atoms with Crippen LogP contribution in [0.4, 0.5) is 0 Å². The maximum Gasteiger partial charge on any atom is 0.360 e. The number of nitrogens with zero attached hydrogens (tertiary/aromatic N) is 1. The van der Waals surface area contributed by atoms with Crippen LogP contribution in [0.1, 0.15) is 13.3 Å². The lowest BCUT2D eigenvalue weighted by Gasteiger charge is -2.20. The monoisotopic (exact) mass is 188 g/mol. The molecule has 5 heteroatoms. The first-order chi connectivity index (χ1) is 5.63. The second-order valence-corrected chi connectivity index (χ2v) is 3.76. The van der Waals surface area contributed by atoms with E-state index >= 15 is 0 Å². The molecular weight excluding hydrogens is 176 g/mol. The van der Waals surface area contributed by atoms with Gasteiger partial charge in [-0.15, -0.1) is 0 Å². The third-order valence-electron chi connectivity index (χ3n) is 2.04. The quantitative estimate of drug-likeness (QED) is 0.669. The Morgan fingerprint density at radius 2 is 2.58 bits per heavy atom. The Balaban J connectivity index is 2.80. The van der Waals surface area contributed by atoms with Crippen LogP contribution < -0.4 is 5.73 Å². The van der Waals surface area contributed by atoms with Gasteiger partial charge in [0.1, 0.15) is 0 Å². The van der Waals surface area contributed by atoms with Crippen LogP contribution in [-0.4, -0.2) is 34.0 Å². The largest absolute Gasteiger partial charge is 0.476 e. The fourth-order valence-electron chi connectivity index (χ4n) is 1.02. The van der Waals surface area contributed by atoms with Crippen molar-refractivity contribution in [1.82, 2.24) is 0 Å². The summed E-state index contributed by atoms with van der Waals surface area (Å²) in [4.78, 5) is 14.6. The van der Waals surface area contributed by atoms with Crippen molar-refractivity contribution >= 4 is 22.8 Å². The highest BCUT2D eigenvalue weighted by atomic mass is 32.2. The summed E-state index contributed by atoms with van der Waals surface area (Å²) >= 11 is 1.28. The molecule has 4 nitrogen and oxygen atoms in total. The zero-order chi connectivity index (χ0) is 9.19. The fourth-order valence-corrected chi connectivity index (χ4v) is 2.20. The van der Waals surface area contributed by atoms with E-state index in [2.05, 4.69) is 4.99 Å². The van der Waals surface area contributed by atoms with Crippen LogP contribution >= 0.6 is 11.8 Å². The summed E-state index contributed by atoms with van der Waals surface area (Å²) in [7, 11) is 0. The normalized spacial score (nSPS) is 28.7. The number of aliphatic carboxylic acids is 1. The molecule has 0 aromatic heterocycles. The Hall–Kier alpha value is -0.550. The Morgan fingerprint density at radius 3 is 2.83 bits per heavy atom. The number of aliphatic imine (C=N–C) groups is 1. The van der Waals surface area contributed by atoms with E-state index in [4.69, 9.17) is 10.8 Å². The molecule has 1 aliphatic heterocycles. The van der Waals surface area contributed by atoms with Crippen LogP contribution in [0.3, 0.4) is 0 Å². The van der Waals surface area contributed by atoms with Crippen LogP contribution in [0.2, 0.25) is 0 Å². The molecule has 0 aromatic rings. The van der Waals surface area contributed by atoms with Gasteiger partial charge in [-0.2, -0.15) is 0 Å². The Bertz CT molecular complexity index is 223. The molecule has 0 fully saturated rings. The van der Waals surface area contributed by atoms with E-state index in [1.165, 1.54) is 11.8 Å². The van der Waals surface area contributed by atoms with Gasteiger partial charge in [0.25, 0.3) is 0 Å². The smallest absolute Gasteiger partial charge is 0.360 e. The molecule has 68 valence electrons. The van der Waals surface area contributed by atoms with Gasteiger partial charge in [0.15, 0.2) is 5.04 Å². The average Bonchev–Trinajstić information content (AvgIpc) is 2.49. The first kappa shape index (κ1) is 9.54. The molecule has 0 aromatic carbocycles. The molecule has 0 saturated carbocycles. The molecule has 0 saturated heterocycles. The van der Waals surface area contributed by atoms with Crippen molar-refractivity contribution in [2.45, 2.75) is 18.9 Å². The van der Waals surface area contributed by atoms with Crippen molar-refractivity contribution in [1.29, 1.82) is 0 Å². The Kier molecular flexibility index (Phi) is 2.74. The lowest BCUT2D eigenvalue weighted by atomic mass is 10.0. The number of carbonyl (C=O) groups is 1. The maximum absolute atomic E-state index is 10.5. The number of rotatable bonds is 3. The molecule has 0 aliphatic carbocycles. The number of hydrogen-bond donors (Lipinski definition) is 2. The second-order valence-electron chi connectivity index (χ2n) is 2.79. The topological polar surface area (TPSA) is 75.7 Å². The van der Waals surface area contributed by atoms with Crippen molar-refractivity contribution in [3.05, 3.63) is 0 Å². The molecule has 1 atom stereocenters. The van der Waals surface area contributed by atoms with Gasteiger partial charge < -0.3 is 10.8 Å². The lowest BCUT2D eigenvalue weighted by molar-refractivity contribution is -0.129. The van der Waals surface area contributed by atoms with Gasteiger partial charge in [-0.05, 0) is 6.42 Å². The Morgan fingerprint density at radius 1 is 1.92 bits per heavy atom. The van der Waals surface area contributed by atoms with Crippen molar-refractivity contribution in [3.8, 4) is 0 Å². The third kappa shape index (κ3) is 1.61. The van der Waals surface area contributed by atoms with Crippen LogP contribution in [0.15, 0.2) is 4.99 Å². The number of nitrogens with two attached hydrogens (primary N) is 1. The van der Waals surface area contributed by atoms with Gasteiger partial charge in [-0.1, -0.05) is 18.7 Å². The van der Waals surface area contributed by atoms with Gasteiger partial charge in [0.05, 0.1) is 5.54 Å². The molecule has 0 spiro atoms. The first-order valence-electron chi connectivity index (χ1n) is 3.79. The maximum atomic E-state index is 10.5. The summed E-state index contributed by atoms with van der Waals surface area (Å²) in [5, 5.41) is 8.84. The molecular formula is C7H12N2O2S. The summed E-state index contributed by atoms with van der Waals surface area (Å²) in [6, 6.07) is 0. The van der Waals surface area contributed by atoms with E-state index in [1.807, 2.05) is 6.92 Å². The summed E-state index contributed by atoms with van der Waals surface area (Å²) in [5.74, 6) is -0.245. The molecule has 3 N–H and O–H groups in total. The van der Waals surface area contributed by atoms with Crippen LogP contribution in [0.25, 0.3) is 0 Å². The molecule has 12 heavy (non-hydrogen) atoms. The van der Waals surface area contributed by atoms with E-state index < -0.39 is 5.97 Å². The summed E-state index contributed by atoms with van der Waals surface area (Å²) in [6.07, 6.45) is 0.799. The average molecular weight is 188 g/mol. The SMILES string of the molecule is CCC1(CN)CSC(C(=O)O)=N1. The van der Waals surface area contributed by atoms with Crippen molar-refractivity contribution in [2.75, 3.05) is 12.3 Å². The predicted molar refractivity (Wildman–Crippen MR) is 49.6 cm³/mol. The minimum Gasteiger partial charge on any atom is -0.476 e. The highest BCUT2D eigenvalue weighted by molar-refractivity contribution is 8.16. The van der Waals surface area contributed by atoms with E-state index in [0.717, 1.165) is 6.42 Å². The summed E-state index contributed by atoms with van der Waals surface area (Å²) in [6.45, 7) is 2.40. The highest BCUT2D eigenvalue weighted by Gasteiger charge is 2.34. The molecule has 1 aliphatic rings. The van der Waals surface area contributed by atoms with Crippen molar-refractivity contribution in [3.63, 3.8) is 0 Å². The molecule has 1 rings (SSSR count). The fraction of sp³-hybridized carbons (Fsp3) is 0.714. The Labute approximate surface area is 75.2 Å². The van der Waals surface area contributed by atoms with Gasteiger partial charge in [0, 0.05) is 12.3 Å². The zero-order valence-electron chi connectivity index (χ0n) is 6.91. The predicted octanol–water partition coefficient (Wildman–Crippen LogP) is 0.324. The standard InChI is InChI=1S/C7H12N2O2S/c1-2-7(3-8)4-12-5(9-7)6(10)11/h2-4,8H2,1H3,(H,10,11). The van der Waals surface area contributed by atoms with Crippen LogP contribution in [-0.2, 0) is 4.79 Å². The van der Waals surface area contributed by atoms with E-state index in [-0.39, 0.29) is 10.6 Å². The number of carboxylic acid groups (broad SMARTS) is 1. The minimum absolute atomic E-state index is 0.197. The summed E-state index contributed by atoms with van der Waals surface area (Å²) in [5.41, 5.74) is 5.21. The van der Waals surface area contributed by atoms with Gasteiger partial charge >= 0.3 is 5.97 Å². The molecule has 1 unspecified atom stereocenters. The van der Waals surface area contributed by atoms with Crippen LogP contribution in [0, 0.1) is 0 Å². The van der Waals surface area contributed by atoms with E-state index in [9.17, 15) is 4.79 Å². The second kappa shape index (κ2) is 3.45. The number of carboxylic acids is 1. The van der Waals surface area contributed by atoms with Gasteiger partial charge in [-0.25, -0.2) is 4.79 Å². The summed E-state index contributed by atoms with van der Waals surface area (Å²) < 4.78 is 0. The molecule has 1 heterocycles. The lowest BCUT2D eigenvalue weighted by Crippen LogP contribution is -2.35. The first-order valence-corrected chi connectivity index (χ1v) is 4.78. The number of hydrogen-bond acceptors (Lipinski definition) is 4. The van der Waals surface area contributed by atoms with Gasteiger partial charge in [-0.3, -0.25) is 4.99 Å². The number of thioether (sulfide) groups is 1. The highest BCUT2D eigenvalue weighted by Crippen LogP contribution is 2.29. The van der Waals surface area contributed by atoms with Gasteiger partial charge in [0.2, 0.25) is 0 Å². The van der Waals surface area contributed by atoms with E-state index in [1.54, 1.807) is 0 Å². The van der Waals surface area contributed by atoms with Crippen LogP contribution in [0.5, 0.6) is 0 Å². The van der Waals surface area contributed by atoms with E-state index in [0.29, 0.717) is 12.3 Å². The van der Waals surface area contributed by atoms with Crippen molar-refractivity contribution in [2.24, 2.45) is 10.7 Å². The van der Waals surface area contributed by atoms with Crippen molar-refractivity contribution < 1.29 is 9.90 Å². The molecule has 0 amide bonds. The third-order valence-corrected chi connectivity index (χ3v) is 3.26. The zero-order valence-corrected chi connectivity index (χ0v) is 7.73. The molecule has 0 bridgehead atoms. The minimum atomic E-state index is -0.941. The molecule has 0 radical (unpaired) electrons.